The summed E-state index contributed by atoms with van der Waals surface area (Å²) in [6, 6.07) is 13.5. The van der Waals surface area contributed by atoms with Gasteiger partial charge in [-0.25, -0.2) is 13.1 Å². The summed E-state index contributed by atoms with van der Waals surface area (Å²) in [6.07, 6.45) is 0.648. The highest BCUT2D eigenvalue weighted by Crippen LogP contribution is 2.23. The number of aromatic hydroxyl groups is 1. The van der Waals surface area contributed by atoms with E-state index < -0.39 is 10.0 Å². The van der Waals surface area contributed by atoms with Crippen LogP contribution >= 0.6 is 0 Å². The summed E-state index contributed by atoms with van der Waals surface area (Å²) in [5, 5.41) is 12.2. The van der Waals surface area contributed by atoms with Gasteiger partial charge < -0.3 is 10.4 Å². The summed E-state index contributed by atoms with van der Waals surface area (Å²) in [5.41, 5.74) is 1.53. The van der Waals surface area contributed by atoms with Crippen molar-refractivity contribution in [1.82, 2.24) is 4.72 Å². The zero-order valence-corrected chi connectivity index (χ0v) is 12.5. The van der Waals surface area contributed by atoms with Crippen LogP contribution < -0.4 is 10.0 Å². The Morgan fingerprint density at radius 2 is 1.77 bits per heavy atom. The van der Waals surface area contributed by atoms with Crippen LogP contribution in [0.15, 0.2) is 58.4 Å². The van der Waals surface area contributed by atoms with Crippen molar-refractivity contribution in [2.75, 3.05) is 11.9 Å². The number of nitrogens with one attached hydrogen (secondary N) is 2. The second kappa shape index (κ2) is 5.69. The number of rotatable bonds is 3. The summed E-state index contributed by atoms with van der Waals surface area (Å²) in [5.74, 6) is 0.436. The monoisotopic (exact) mass is 317 g/mol. The van der Waals surface area contributed by atoms with Crippen LogP contribution in [0.25, 0.3) is 0 Å². The fraction of sp³-hybridized carbons (Fsp3) is 0.133. The molecule has 22 heavy (non-hydrogen) atoms. The number of sulfonamides is 1. The first-order valence-electron chi connectivity index (χ1n) is 6.76. The van der Waals surface area contributed by atoms with Crippen LogP contribution in [0.3, 0.4) is 0 Å². The molecule has 0 aliphatic carbocycles. The third-order valence-corrected chi connectivity index (χ3v) is 4.66. The first-order valence-corrected chi connectivity index (χ1v) is 8.24. The molecular formula is C15H15N3O3S. The zero-order valence-electron chi connectivity index (χ0n) is 11.7. The van der Waals surface area contributed by atoms with E-state index in [4.69, 9.17) is 0 Å². The minimum atomic E-state index is -3.57. The van der Waals surface area contributed by atoms with Gasteiger partial charge >= 0.3 is 0 Å². The third kappa shape index (κ3) is 3.04. The fourth-order valence-electron chi connectivity index (χ4n) is 2.17. The number of nitrogens with zero attached hydrogens (tertiary/aromatic N) is 1. The van der Waals surface area contributed by atoms with E-state index in [1.165, 1.54) is 6.07 Å². The standard InChI is InChI=1S/C15H15N3O3S/c19-12-7-5-11(6-8-12)9-10-16-15-17-13-3-1-2-4-14(13)22(20,21)18-15/h1-8,19H,9-10H2,(H2,16,17,18). The normalized spacial score (nSPS) is 17.4. The van der Waals surface area contributed by atoms with Crippen LogP contribution in [-0.4, -0.2) is 26.0 Å². The molecule has 3 N–H and O–H groups in total. The molecule has 0 fully saturated rings. The lowest BCUT2D eigenvalue weighted by Crippen LogP contribution is -2.40. The van der Waals surface area contributed by atoms with Gasteiger partial charge in [-0.05, 0) is 36.2 Å². The van der Waals surface area contributed by atoms with Crippen molar-refractivity contribution in [3.05, 3.63) is 54.1 Å². The highest BCUT2D eigenvalue weighted by atomic mass is 32.2. The lowest BCUT2D eigenvalue weighted by molar-refractivity contribution is 0.475. The van der Waals surface area contributed by atoms with Crippen LogP contribution in [0, 0.1) is 0 Å². The topological polar surface area (TPSA) is 90.8 Å². The summed E-state index contributed by atoms with van der Waals surface area (Å²) >= 11 is 0. The molecule has 0 atom stereocenters. The van der Waals surface area contributed by atoms with Crippen molar-refractivity contribution in [2.24, 2.45) is 4.99 Å². The number of fused-ring (bicyclic) bond motifs is 1. The number of hydrogen-bond acceptors (Lipinski definition) is 4. The van der Waals surface area contributed by atoms with E-state index in [1.807, 2.05) is 12.1 Å². The summed E-state index contributed by atoms with van der Waals surface area (Å²) in [6.45, 7) is 0.428. The largest absolute Gasteiger partial charge is 0.508 e. The SMILES string of the molecule is O=S1(=O)NC(=NCCc2ccc(O)cc2)Nc2ccccc21. The molecule has 0 spiro atoms. The molecule has 2 aromatic rings. The Bertz CT molecular complexity index is 814. The van der Waals surface area contributed by atoms with E-state index in [2.05, 4.69) is 15.0 Å². The minimum absolute atomic E-state index is 0.215. The lowest BCUT2D eigenvalue weighted by Gasteiger charge is -2.21. The Kier molecular flexibility index (Phi) is 3.72. The van der Waals surface area contributed by atoms with Crippen molar-refractivity contribution in [1.29, 1.82) is 0 Å². The first kappa shape index (κ1) is 14.4. The molecule has 0 saturated carbocycles. The molecule has 0 amide bonds. The highest BCUT2D eigenvalue weighted by Gasteiger charge is 2.25. The Labute approximate surface area is 128 Å². The van der Waals surface area contributed by atoms with Crippen LogP contribution in [0.4, 0.5) is 5.69 Å². The summed E-state index contributed by atoms with van der Waals surface area (Å²) in [7, 11) is -3.57. The van der Waals surface area contributed by atoms with E-state index in [-0.39, 0.29) is 16.6 Å². The molecule has 0 saturated heterocycles. The molecule has 0 aromatic heterocycles. The number of phenols is 1. The van der Waals surface area contributed by atoms with Crippen LogP contribution in [0.5, 0.6) is 5.75 Å². The molecule has 1 aliphatic rings. The zero-order chi connectivity index (χ0) is 15.6. The minimum Gasteiger partial charge on any atom is -0.508 e. The Balaban J connectivity index is 1.72. The van der Waals surface area contributed by atoms with Gasteiger partial charge in [-0.15, -0.1) is 0 Å². The smallest absolute Gasteiger partial charge is 0.266 e. The van der Waals surface area contributed by atoms with Crippen molar-refractivity contribution in [3.63, 3.8) is 0 Å². The number of hydrogen-bond donors (Lipinski definition) is 3. The second-order valence-electron chi connectivity index (χ2n) is 4.87. The molecule has 7 heteroatoms. The summed E-state index contributed by atoms with van der Waals surface area (Å²) in [4.78, 5) is 4.46. The number of para-hydroxylation sites is 1. The number of benzene rings is 2. The molecule has 1 aliphatic heterocycles. The van der Waals surface area contributed by atoms with Gasteiger partial charge in [-0.2, -0.15) is 0 Å². The van der Waals surface area contributed by atoms with Crippen molar-refractivity contribution < 1.29 is 13.5 Å². The van der Waals surface area contributed by atoms with Gasteiger partial charge in [-0.3, -0.25) is 4.99 Å². The maximum Gasteiger partial charge on any atom is 0.266 e. The van der Waals surface area contributed by atoms with Gasteiger partial charge in [0.2, 0.25) is 5.96 Å². The fourth-order valence-corrected chi connectivity index (χ4v) is 3.32. The van der Waals surface area contributed by atoms with Crippen molar-refractivity contribution in [3.8, 4) is 5.75 Å². The average Bonchev–Trinajstić information content (AvgIpc) is 2.49. The Hall–Kier alpha value is -2.54. The van der Waals surface area contributed by atoms with E-state index in [0.717, 1.165) is 5.56 Å². The highest BCUT2D eigenvalue weighted by molar-refractivity contribution is 7.90. The summed E-state index contributed by atoms with van der Waals surface area (Å²) < 4.78 is 26.6. The average molecular weight is 317 g/mol. The lowest BCUT2D eigenvalue weighted by atomic mass is 10.1. The predicted molar refractivity (Wildman–Crippen MR) is 84.5 cm³/mol. The van der Waals surface area contributed by atoms with Crippen LogP contribution in [-0.2, 0) is 16.4 Å². The number of aliphatic imine (C=N–C) groups is 1. The molecule has 2 aromatic carbocycles. The van der Waals surface area contributed by atoms with Crippen LogP contribution in [0.2, 0.25) is 0 Å². The van der Waals surface area contributed by atoms with Gasteiger partial charge in [0.1, 0.15) is 10.6 Å². The molecule has 6 nitrogen and oxygen atoms in total. The maximum absolute atomic E-state index is 12.1. The molecule has 0 bridgehead atoms. The van der Waals surface area contributed by atoms with Gasteiger partial charge in [0.15, 0.2) is 0 Å². The maximum atomic E-state index is 12.1. The first-order chi connectivity index (χ1) is 10.5. The van der Waals surface area contributed by atoms with E-state index in [1.54, 1.807) is 30.3 Å². The number of guanidine groups is 1. The van der Waals surface area contributed by atoms with Crippen LogP contribution in [0.1, 0.15) is 5.56 Å². The molecule has 0 radical (unpaired) electrons. The second-order valence-corrected chi connectivity index (χ2v) is 6.52. The molecule has 1 heterocycles. The van der Waals surface area contributed by atoms with Gasteiger partial charge in [0, 0.05) is 6.54 Å². The molecule has 3 rings (SSSR count). The Morgan fingerprint density at radius 3 is 2.55 bits per heavy atom. The van der Waals surface area contributed by atoms with Gasteiger partial charge in [-0.1, -0.05) is 24.3 Å². The van der Waals surface area contributed by atoms with Crippen molar-refractivity contribution >= 4 is 21.7 Å². The predicted octanol–water partition coefficient (Wildman–Crippen LogP) is 1.69. The molecule has 114 valence electrons. The quantitative estimate of drug-likeness (QED) is 0.803. The number of anilines is 1. The van der Waals surface area contributed by atoms with Crippen molar-refractivity contribution in [2.45, 2.75) is 11.3 Å². The van der Waals surface area contributed by atoms with E-state index in [9.17, 15) is 13.5 Å². The van der Waals surface area contributed by atoms with Gasteiger partial charge in [0.05, 0.1) is 5.69 Å². The number of phenolic OH excluding ortho intramolecular Hbond substituents is 1. The third-order valence-electron chi connectivity index (χ3n) is 3.27. The molecule has 0 unspecified atom stereocenters. The van der Waals surface area contributed by atoms with E-state index in [0.29, 0.717) is 18.7 Å². The molecular weight excluding hydrogens is 302 g/mol. The van der Waals surface area contributed by atoms with E-state index >= 15 is 0 Å². The Morgan fingerprint density at radius 1 is 1.05 bits per heavy atom. The van der Waals surface area contributed by atoms with Gasteiger partial charge in [0.25, 0.3) is 10.0 Å².